The summed E-state index contributed by atoms with van der Waals surface area (Å²) in [5.41, 5.74) is 7.24. The first kappa shape index (κ1) is 21.4. The minimum atomic E-state index is -0.0607. The van der Waals surface area contributed by atoms with E-state index in [1.165, 1.54) is 22.5 Å². The Balaban J connectivity index is 1.54. The molecule has 6 rings (SSSR count). The number of aryl methyl sites for hydroxylation is 1. The first-order chi connectivity index (χ1) is 16.6. The number of aliphatic hydroxyl groups is 1. The molecule has 0 fully saturated rings. The third-order valence-electron chi connectivity index (χ3n) is 8.10. The standard InChI is InChI=1S/C29H31N3O2/c1-19-24-13-14-25-27(29(24,2)17-22-18-30-34-26(19)22)31-28(21-10-4-3-5-11-21)32(25)23-12-6-8-20(16-23)9-7-15-33/h3-6,8,10-12,16,18-19,24,33H,7,9,13-15,17H2,1-2H3/t19-,24-,29-/m0/s1. The van der Waals surface area contributed by atoms with Gasteiger partial charge >= 0.3 is 0 Å². The third kappa shape index (κ3) is 3.25. The van der Waals surface area contributed by atoms with Crippen molar-refractivity contribution in [3.63, 3.8) is 0 Å². The molecule has 0 saturated heterocycles. The lowest BCUT2D eigenvalue weighted by Gasteiger charge is -2.46. The second-order valence-electron chi connectivity index (χ2n) is 10.2. The van der Waals surface area contributed by atoms with Crippen molar-refractivity contribution in [2.75, 3.05) is 6.61 Å². The van der Waals surface area contributed by atoms with Crippen molar-refractivity contribution in [2.24, 2.45) is 5.92 Å². The Hall–Kier alpha value is -3.18. The highest BCUT2D eigenvalue weighted by Gasteiger charge is 2.51. The number of benzene rings is 2. The van der Waals surface area contributed by atoms with Crippen molar-refractivity contribution in [3.8, 4) is 17.1 Å². The Morgan fingerprint density at radius 2 is 2.00 bits per heavy atom. The topological polar surface area (TPSA) is 64.1 Å². The summed E-state index contributed by atoms with van der Waals surface area (Å²) in [4.78, 5) is 5.41. The van der Waals surface area contributed by atoms with Crippen LogP contribution in [0.5, 0.6) is 0 Å². The fraction of sp³-hybridized carbons (Fsp3) is 0.379. The molecular weight excluding hydrogens is 422 g/mol. The van der Waals surface area contributed by atoms with E-state index in [1.54, 1.807) is 0 Å². The number of hydrogen-bond donors (Lipinski definition) is 1. The highest BCUT2D eigenvalue weighted by molar-refractivity contribution is 5.62. The molecule has 3 atom stereocenters. The lowest BCUT2D eigenvalue weighted by Crippen LogP contribution is -2.44. The first-order valence-electron chi connectivity index (χ1n) is 12.4. The molecule has 0 aliphatic heterocycles. The van der Waals surface area contributed by atoms with Crippen LogP contribution in [0.25, 0.3) is 17.1 Å². The highest BCUT2D eigenvalue weighted by atomic mass is 16.5. The minimum Gasteiger partial charge on any atom is -0.396 e. The zero-order chi connectivity index (χ0) is 23.3. The molecular formula is C29H31N3O2. The van der Waals surface area contributed by atoms with Gasteiger partial charge in [0.2, 0.25) is 0 Å². The summed E-state index contributed by atoms with van der Waals surface area (Å²) >= 11 is 0. The quantitative estimate of drug-likeness (QED) is 0.425. The zero-order valence-electron chi connectivity index (χ0n) is 19.9. The van der Waals surface area contributed by atoms with Gasteiger partial charge in [-0.15, -0.1) is 0 Å². The van der Waals surface area contributed by atoms with Gasteiger partial charge in [0.05, 0.1) is 11.9 Å². The predicted molar refractivity (Wildman–Crippen MR) is 132 cm³/mol. The van der Waals surface area contributed by atoms with Gasteiger partial charge in [0.1, 0.15) is 11.6 Å². The van der Waals surface area contributed by atoms with Crippen molar-refractivity contribution < 1.29 is 9.63 Å². The number of aromatic nitrogens is 3. The van der Waals surface area contributed by atoms with Gasteiger partial charge in [0, 0.05) is 40.4 Å². The van der Waals surface area contributed by atoms with Crippen LogP contribution in [0.15, 0.2) is 65.3 Å². The molecule has 2 aliphatic rings. The summed E-state index contributed by atoms with van der Waals surface area (Å²) in [5, 5.41) is 13.5. The molecule has 1 N–H and O–H groups in total. The Morgan fingerprint density at radius 3 is 2.82 bits per heavy atom. The van der Waals surface area contributed by atoms with Gasteiger partial charge < -0.3 is 9.63 Å². The van der Waals surface area contributed by atoms with Gasteiger partial charge in [-0.2, -0.15) is 0 Å². The Labute approximate surface area is 200 Å². The molecule has 34 heavy (non-hydrogen) atoms. The van der Waals surface area contributed by atoms with Gasteiger partial charge in [-0.1, -0.05) is 61.5 Å². The van der Waals surface area contributed by atoms with Gasteiger partial charge in [0.25, 0.3) is 0 Å². The van der Waals surface area contributed by atoms with Crippen LogP contribution < -0.4 is 0 Å². The summed E-state index contributed by atoms with van der Waals surface area (Å²) in [6.07, 6.45) is 6.56. The van der Waals surface area contributed by atoms with Crippen LogP contribution in [-0.4, -0.2) is 26.4 Å². The van der Waals surface area contributed by atoms with Crippen molar-refractivity contribution in [2.45, 2.75) is 57.3 Å². The smallest absolute Gasteiger partial charge is 0.145 e. The van der Waals surface area contributed by atoms with Crippen LogP contribution in [-0.2, 0) is 24.7 Å². The molecule has 4 aromatic rings. The van der Waals surface area contributed by atoms with Crippen LogP contribution in [0.3, 0.4) is 0 Å². The van der Waals surface area contributed by atoms with E-state index in [9.17, 15) is 5.11 Å². The summed E-state index contributed by atoms with van der Waals surface area (Å²) in [7, 11) is 0. The first-order valence-corrected chi connectivity index (χ1v) is 12.4. The van der Waals surface area contributed by atoms with E-state index in [-0.39, 0.29) is 12.0 Å². The maximum absolute atomic E-state index is 9.32. The molecule has 2 aromatic heterocycles. The van der Waals surface area contributed by atoms with Crippen LogP contribution in [0, 0.1) is 5.92 Å². The minimum absolute atomic E-state index is 0.0607. The maximum Gasteiger partial charge on any atom is 0.145 e. The number of rotatable bonds is 5. The molecule has 174 valence electrons. The average Bonchev–Trinajstić information content (AvgIpc) is 3.49. The van der Waals surface area contributed by atoms with E-state index in [2.05, 4.69) is 78.2 Å². The van der Waals surface area contributed by atoms with Crippen molar-refractivity contribution in [1.29, 1.82) is 0 Å². The predicted octanol–water partition coefficient (Wildman–Crippen LogP) is 5.63. The second-order valence-corrected chi connectivity index (χ2v) is 10.2. The summed E-state index contributed by atoms with van der Waals surface area (Å²) in [6.45, 7) is 4.89. The molecule has 0 unspecified atom stereocenters. The van der Waals surface area contributed by atoms with Crippen molar-refractivity contribution >= 4 is 0 Å². The van der Waals surface area contributed by atoms with Gasteiger partial charge in [-0.05, 0) is 55.7 Å². The zero-order valence-corrected chi connectivity index (χ0v) is 19.9. The average molecular weight is 454 g/mol. The summed E-state index contributed by atoms with van der Waals surface area (Å²) < 4.78 is 8.06. The largest absolute Gasteiger partial charge is 0.396 e. The second kappa shape index (κ2) is 8.24. The molecule has 2 heterocycles. The summed E-state index contributed by atoms with van der Waals surface area (Å²) in [5.74, 6) is 2.88. The molecule has 5 heteroatoms. The number of hydrogen-bond acceptors (Lipinski definition) is 4. The number of fused-ring (bicyclic) bond motifs is 4. The molecule has 5 nitrogen and oxygen atoms in total. The molecule has 0 amide bonds. The lowest BCUT2D eigenvalue weighted by atomic mass is 9.57. The Bertz CT molecular complexity index is 1320. The van der Waals surface area contributed by atoms with E-state index < -0.39 is 0 Å². The molecule has 0 spiro atoms. The maximum atomic E-state index is 9.32. The molecule has 2 aromatic carbocycles. The van der Waals surface area contributed by atoms with Crippen molar-refractivity contribution in [3.05, 3.63) is 89.1 Å². The SMILES string of the molecule is C[C@@H]1c2oncc2C[C@]2(C)c3nc(-c4ccccc4)n(-c4cccc(CCCO)c4)c3CC[C@@H]12. The fourth-order valence-electron chi connectivity index (χ4n) is 6.49. The van der Waals surface area contributed by atoms with Gasteiger partial charge in [-0.25, -0.2) is 4.98 Å². The normalized spacial score (nSPS) is 23.3. The van der Waals surface area contributed by atoms with E-state index in [0.29, 0.717) is 11.8 Å². The van der Waals surface area contributed by atoms with Crippen LogP contribution in [0.2, 0.25) is 0 Å². The van der Waals surface area contributed by atoms with Crippen LogP contribution >= 0.6 is 0 Å². The van der Waals surface area contributed by atoms with Gasteiger partial charge in [-0.3, -0.25) is 4.57 Å². The third-order valence-corrected chi connectivity index (χ3v) is 8.10. The Morgan fingerprint density at radius 1 is 1.15 bits per heavy atom. The Kier molecular flexibility index (Phi) is 5.18. The summed E-state index contributed by atoms with van der Waals surface area (Å²) in [6, 6.07) is 19.3. The van der Waals surface area contributed by atoms with Gasteiger partial charge in [0.15, 0.2) is 0 Å². The fourth-order valence-corrected chi connectivity index (χ4v) is 6.49. The van der Waals surface area contributed by atoms with E-state index in [4.69, 9.17) is 9.51 Å². The van der Waals surface area contributed by atoms with E-state index in [0.717, 1.165) is 54.9 Å². The molecule has 0 radical (unpaired) electrons. The number of nitrogens with zero attached hydrogens (tertiary/aromatic N) is 3. The van der Waals surface area contributed by atoms with E-state index >= 15 is 0 Å². The highest BCUT2D eigenvalue weighted by Crippen LogP contribution is 2.54. The number of aliphatic hydroxyl groups excluding tert-OH is 1. The molecule has 0 bridgehead atoms. The monoisotopic (exact) mass is 453 g/mol. The van der Waals surface area contributed by atoms with Crippen LogP contribution in [0.4, 0.5) is 0 Å². The van der Waals surface area contributed by atoms with Crippen molar-refractivity contribution in [1.82, 2.24) is 14.7 Å². The molecule has 0 saturated carbocycles. The van der Waals surface area contributed by atoms with E-state index in [1.807, 2.05) is 6.20 Å². The lowest BCUT2D eigenvalue weighted by molar-refractivity contribution is 0.171. The van der Waals surface area contributed by atoms with Crippen LogP contribution in [0.1, 0.15) is 60.9 Å². The number of imidazole rings is 1. The molecule has 2 aliphatic carbocycles.